The van der Waals surface area contributed by atoms with Gasteiger partial charge in [-0.15, -0.1) is 0 Å². The van der Waals surface area contributed by atoms with Crippen molar-refractivity contribution in [2.75, 3.05) is 26.2 Å². The lowest BCUT2D eigenvalue weighted by molar-refractivity contribution is -0.128. The fourth-order valence-electron chi connectivity index (χ4n) is 6.43. The van der Waals surface area contributed by atoms with Crippen LogP contribution in [0, 0.1) is 21.6 Å². The first-order chi connectivity index (χ1) is 25.3. The van der Waals surface area contributed by atoms with Gasteiger partial charge in [-0.2, -0.15) is 14.1 Å². The molecule has 14 nitrogen and oxygen atoms in total. The highest BCUT2D eigenvalue weighted by Gasteiger charge is 2.41. The Kier molecular flexibility index (Phi) is 14.7. The Morgan fingerprint density at radius 2 is 1.64 bits per heavy atom. The van der Waals surface area contributed by atoms with Gasteiger partial charge in [0, 0.05) is 26.2 Å². The molecule has 1 saturated heterocycles. The number of benzene rings is 2. The summed E-state index contributed by atoms with van der Waals surface area (Å²) >= 11 is 0. The number of nitrogens with zero attached hydrogens (tertiary/aromatic N) is 6. The third kappa shape index (κ3) is 10.7. The van der Waals surface area contributed by atoms with E-state index < -0.39 is 40.2 Å². The van der Waals surface area contributed by atoms with E-state index in [4.69, 9.17) is 0 Å². The standard InChI is InChI=1S/C38H51N7O7S/c1-6-27(4)36(45-20-19-43(38(45)48)24-31-13-10-14-33(40-31)28(5)42-50)37(47)41-34(21-29-11-8-7-9-12-29)35(46)25-44(23-26(2)3)53(51,52)32-17-15-30(16-18-32)22-39-49/h7-18,26-28,34-36,46H,6,19-25H2,1-5H3,(H,41,47)/t27-,28?,34-,35+,36-/m0/s1. The first-order valence-corrected chi connectivity index (χ1v) is 19.5. The summed E-state index contributed by atoms with van der Waals surface area (Å²) in [5.74, 6) is -0.776. The molecule has 15 heteroatoms. The van der Waals surface area contributed by atoms with Gasteiger partial charge >= 0.3 is 6.03 Å². The number of pyridine rings is 1. The Morgan fingerprint density at radius 1 is 0.943 bits per heavy atom. The van der Waals surface area contributed by atoms with Crippen LogP contribution in [0.15, 0.2) is 88.0 Å². The molecule has 0 radical (unpaired) electrons. The smallest absolute Gasteiger partial charge is 0.321 e. The number of carbonyl (C=O) groups excluding carboxylic acids is 2. The third-order valence-corrected chi connectivity index (χ3v) is 11.4. The van der Waals surface area contributed by atoms with Crippen LogP contribution >= 0.6 is 0 Å². The van der Waals surface area contributed by atoms with Gasteiger partial charge in [-0.05, 0) is 60.6 Å². The van der Waals surface area contributed by atoms with Crippen molar-refractivity contribution in [3.05, 3.63) is 105 Å². The van der Waals surface area contributed by atoms with Crippen molar-refractivity contribution in [2.24, 2.45) is 22.2 Å². The lowest BCUT2D eigenvalue weighted by Crippen LogP contribution is -2.57. The summed E-state index contributed by atoms with van der Waals surface area (Å²) in [6.45, 7) is 9.80. The maximum absolute atomic E-state index is 14.3. The predicted octanol–water partition coefficient (Wildman–Crippen LogP) is 5.26. The number of nitroso groups, excluding NO2 is 2. The van der Waals surface area contributed by atoms with E-state index in [0.29, 0.717) is 36.5 Å². The number of amides is 3. The number of hydrogen-bond acceptors (Lipinski definition) is 10. The molecule has 1 aliphatic rings. The zero-order valence-corrected chi connectivity index (χ0v) is 31.9. The van der Waals surface area contributed by atoms with Gasteiger partial charge in [0.1, 0.15) is 18.6 Å². The summed E-state index contributed by atoms with van der Waals surface area (Å²) in [6.07, 6.45) is -0.521. The first-order valence-electron chi connectivity index (χ1n) is 18.0. The summed E-state index contributed by atoms with van der Waals surface area (Å²) < 4.78 is 29.1. The van der Waals surface area contributed by atoms with Gasteiger partial charge in [-0.25, -0.2) is 13.2 Å². The number of aliphatic hydroxyl groups is 1. The van der Waals surface area contributed by atoms with E-state index in [1.807, 2.05) is 58.0 Å². The highest BCUT2D eigenvalue weighted by Crippen LogP contribution is 2.25. The fourth-order valence-corrected chi connectivity index (χ4v) is 8.05. The summed E-state index contributed by atoms with van der Waals surface area (Å²) in [7, 11) is -4.09. The Labute approximate surface area is 312 Å². The van der Waals surface area contributed by atoms with Crippen LogP contribution in [0.1, 0.15) is 69.6 Å². The minimum Gasteiger partial charge on any atom is -0.390 e. The quantitative estimate of drug-likeness (QED) is 0.147. The molecular formula is C38H51N7O7S. The molecule has 1 unspecified atom stereocenters. The normalized spacial score (nSPS) is 16.3. The van der Waals surface area contributed by atoms with E-state index in [2.05, 4.69) is 20.7 Å². The largest absolute Gasteiger partial charge is 0.390 e. The Bertz CT molecular complexity index is 1790. The van der Waals surface area contributed by atoms with E-state index in [1.165, 1.54) is 28.6 Å². The SMILES string of the molecule is CC[C@H](C)[C@@H](C(=O)N[C@@H](Cc1ccccc1)[C@H](O)CN(CC(C)C)S(=O)(=O)c1ccc(CN=O)cc1)N1CCN(Cc2cccc(C(C)N=O)n2)C1=O. The third-order valence-electron chi connectivity index (χ3n) is 9.54. The van der Waals surface area contributed by atoms with Crippen LogP contribution < -0.4 is 5.32 Å². The molecule has 3 aromatic rings. The molecule has 286 valence electrons. The van der Waals surface area contributed by atoms with Crippen LogP contribution in [0.25, 0.3) is 0 Å². The van der Waals surface area contributed by atoms with Crippen molar-refractivity contribution in [1.82, 2.24) is 24.4 Å². The number of hydrogen-bond donors (Lipinski definition) is 2. The van der Waals surface area contributed by atoms with E-state index in [9.17, 15) is 32.9 Å². The molecule has 0 bridgehead atoms. The second kappa shape index (κ2) is 18.9. The summed E-state index contributed by atoms with van der Waals surface area (Å²) in [5.41, 5.74) is 2.50. The molecule has 2 N–H and O–H groups in total. The Morgan fingerprint density at radius 3 is 2.26 bits per heavy atom. The highest BCUT2D eigenvalue weighted by molar-refractivity contribution is 7.89. The van der Waals surface area contributed by atoms with Gasteiger partial charge < -0.3 is 20.2 Å². The average molecular weight is 750 g/mol. The maximum Gasteiger partial charge on any atom is 0.321 e. The van der Waals surface area contributed by atoms with Gasteiger partial charge in [0.25, 0.3) is 0 Å². The Hall–Kier alpha value is -4.60. The minimum absolute atomic E-state index is 0.00872. The minimum atomic E-state index is -4.09. The van der Waals surface area contributed by atoms with E-state index >= 15 is 0 Å². The van der Waals surface area contributed by atoms with Crippen LogP contribution in [0.4, 0.5) is 4.79 Å². The number of sulfonamides is 1. The van der Waals surface area contributed by atoms with Crippen LogP contribution in [0.3, 0.4) is 0 Å². The lowest BCUT2D eigenvalue weighted by atomic mass is 9.95. The molecule has 5 atom stereocenters. The van der Waals surface area contributed by atoms with Crippen molar-refractivity contribution < 1.29 is 23.1 Å². The molecule has 1 aromatic heterocycles. The molecule has 0 aliphatic carbocycles. The van der Waals surface area contributed by atoms with E-state index in [0.717, 1.165) is 5.56 Å². The average Bonchev–Trinajstić information content (AvgIpc) is 3.49. The zero-order valence-electron chi connectivity index (χ0n) is 31.0. The molecule has 1 fully saturated rings. The molecule has 2 heterocycles. The molecule has 3 amide bonds. The first kappa shape index (κ1) is 41.2. The number of aliphatic hydroxyl groups excluding tert-OH is 1. The maximum atomic E-state index is 14.3. The van der Waals surface area contributed by atoms with E-state index in [-0.39, 0.29) is 55.4 Å². The number of carbonyl (C=O) groups is 2. The number of rotatable bonds is 20. The Balaban J connectivity index is 1.58. The molecule has 1 aliphatic heterocycles. The second-order valence-corrected chi connectivity index (χ2v) is 16.0. The molecule has 53 heavy (non-hydrogen) atoms. The van der Waals surface area contributed by atoms with Crippen molar-refractivity contribution in [3.8, 4) is 0 Å². The van der Waals surface area contributed by atoms with Gasteiger partial charge in [0.05, 0.1) is 35.0 Å². The van der Waals surface area contributed by atoms with E-state index in [1.54, 1.807) is 34.9 Å². The summed E-state index contributed by atoms with van der Waals surface area (Å²) in [5, 5.41) is 20.8. The van der Waals surface area contributed by atoms with Gasteiger partial charge in [0.2, 0.25) is 15.9 Å². The predicted molar refractivity (Wildman–Crippen MR) is 202 cm³/mol. The van der Waals surface area contributed by atoms with Crippen molar-refractivity contribution >= 4 is 22.0 Å². The molecule has 0 spiro atoms. The number of nitrogens with one attached hydrogen (secondary N) is 1. The fraction of sp³-hybridized carbons (Fsp3) is 0.500. The highest BCUT2D eigenvalue weighted by atomic mass is 32.2. The van der Waals surface area contributed by atoms with Crippen molar-refractivity contribution in [2.45, 2.75) is 89.7 Å². The molecular weight excluding hydrogens is 699 g/mol. The second-order valence-electron chi connectivity index (χ2n) is 14.1. The molecule has 4 rings (SSSR count). The van der Waals surface area contributed by atoms with Gasteiger partial charge in [-0.1, -0.05) is 93.0 Å². The van der Waals surface area contributed by atoms with Gasteiger partial charge in [0.15, 0.2) is 0 Å². The van der Waals surface area contributed by atoms with Crippen LogP contribution in [0.5, 0.6) is 0 Å². The van der Waals surface area contributed by atoms with Crippen LogP contribution in [-0.2, 0) is 34.3 Å². The lowest BCUT2D eigenvalue weighted by Gasteiger charge is -2.35. The van der Waals surface area contributed by atoms with Crippen molar-refractivity contribution in [3.63, 3.8) is 0 Å². The van der Waals surface area contributed by atoms with Crippen LogP contribution in [0.2, 0.25) is 0 Å². The molecule has 2 aromatic carbocycles. The van der Waals surface area contributed by atoms with Crippen molar-refractivity contribution in [1.29, 1.82) is 0 Å². The monoisotopic (exact) mass is 749 g/mol. The number of urea groups is 1. The number of aromatic nitrogens is 1. The zero-order chi connectivity index (χ0) is 38.7. The summed E-state index contributed by atoms with van der Waals surface area (Å²) in [4.78, 5) is 57.6. The topological polar surface area (TPSA) is 182 Å². The summed E-state index contributed by atoms with van der Waals surface area (Å²) in [6, 6.07) is 17.7. The molecule has 0 saturated carbocycles. The van der Waals surface area contributed by atoms with Gasteiger partial charge in [-0.3, -0.25) is 9.78 Å². The van der Waals surface area contributed by atoms with Crippen LogP contribution in [-0.4, -0.2) is 88.9 Å².